The van der Waals surface area contributed by atoms with E-state index in [0.29, 0.717) is 19.3 Å². The Morgan fingerprint density at radius 3 is 1.21 bits per heavy atom. The van der Waals surface area contributed by atoms with E-state index in [0.717, 1.165) is 83.5 Å². The third kappa shape index (κ3) is 49.2. The van der Waals surface area contributed by atoms with Crippen molar-refractivity contribution >= 4 is 17.9 Å². The Morgan fingerprint density at radius 1 is 0.349 bits per heavy atom. The maximum absolute atomic E-state index is 12.8. The van der Waals surface area contributed by atoms with Gasteiger partial charge in [-0.2, -0.15) is 0 Å². The van der Waals surface area contributed by atoms with E-state index in [9.17, 15) is 14.4 Å². The average Bonchev–Trinajstić information content (AvgIpc) is 3.28. The molecule has 0 rings (SSSR count). The maximum Gasteiger partial charge on any atom is 0.306 e. The molecule has 0 aromatic carbocycles. The first-order valence-corrected chi connectivity index (χ1v) is 25.8. The summed E-state index contributed by atoms with van der Waals surface area (Å²) in [6.07, 6.45) is 66.9. The fourth-order valence-electron chi connectivity index (χ4n) is 6.86. The van der Waals surface area contributed by atoms with Crippen LogP contribution in [0.2, 0.25) is 0 Å². The highest BCUT2D eigenvalue weighted by Crippen LogP contribution is 2.14. The number of ether oxygens (including phenoxy) is 3. The van der Waals surface area contributed by atoms with Crippen molar-refractivity contribution in [2.45, 2.75) is 232 Å². The van der Waals surface area contributed by atoms with Crippen LogP contribution in [0.3, 0.4) is 0 Å². The monoisotopic (exact) mass is 875 g/mol. The minimum absolute atomic E-state index is 0.109. The van der Waals surface area contributed by atoms with Gasteiger partial charge in [-0.3, -0.25) is 14.4 Å². The fourth-order valence-corrected chi connectivity index (χ4v) is 6.86. The highest BCUT2D eigenvalue weighted by molar-refractivity contribution is 5.71. The van der Waals surface area contributed by atoms with Gasteiger partial charge >= 0.3 is 17.9 Å². The van der Waals surface area contributed by atoms with Crippen LogP contribution in [0.15, 0.2) is 97.2 Å². The molecule has 1 unspecified atom stereocenters. The Bertz CT molecular complexity index is 1280. The van der Waals surface area contributed by atoms with Crippen molar-refractivity contribution in [3.63, 3.8) is 0 Å². The zero-order valence-corrected chi connectivity index (χ0v) is 40.8. The van der Waals surface area contributed by atoms with Crippen molar-refractivity contribution in [1.29, 1.82) is 0 Å². The highest BCUT2D eigenvalue weighted by Gasteiger charge is 2.19. The van der Waals surface area contributed by atoms with Crippen molar-refractivity contribution in [1.82, 2.24) is 0 Å². The predicted octanol–water partition coefficient (Wildman–Crippen LogP) is 17.0. The minimum atomic E-state index is -0.814. The molecular formula is C57H94O6. The van der Waals surface area contributed by atoms with Gasteiger partial charge in [-0.25, -0.2) is 0 Å². The minimum Gasteiger partial charge on any atom is -0.462 e. The third-order valence-corrected chi connectivity index (χ3v) is 10.7. The third-order valence-electron chi connectivity index (χ3n) is 10.7. The molecule has 0 aliphatic heterocycles. The van der Waals surface area contributed by atoms with Crippen molar-refractivity contribution in [2.75, 3.05) is 13.2 Å². The van der Waals surface area contributed by atoms with Gasteiger partial charge in [-0.05, 0) is 83.5 Å². The van der Waals surface area contributed by atoms with E-state index >= 15 is 0 Å². The first-order valence-electron chi connectivity index (χ1n) is 25.8. The molecule has 0 N–H and O–H groups in total. The Morgan fingerprint density at radius 2 is 0.714 bits per heavy atom. The molecule has 0 aliphatic carbocycles. The van der Waals surface area contributed by atoms with E-state index in [1.807, 2.05) is 54.7 Å². The van der Waals surface area contributed by atoms with Crippen LogP contribution >= 0.6 is 0 Å². The number of hydrogen-bond donors (Lipinski definition) is 0. The van der Waals surface area contributed by atoms with Gasteiger partial charge in [0, 0.05) is 19.3 Å². The first kappa shape index (κ1) is 59.3. The number of rotatable bonds is 45. The van der Waals surface area contributed by atoms with E-state index in [2.05, 4.69) is 63.3 Å². The number of carbonyl (C=O) groups is 3. The Balaban J connectivity index is 4.47. The summed E-state index contributed by atoms with van der Waals surface area (Å²) in [7, 11) is 0. The summed E-state index contributed by atoms with van der Waals surface area (Å²) in [6, 6.07) is 0. The van der Waals surface area contributed by atoms with Gasteiger partial charge in [0.15, 0.2) is 6.10 Å². The molecule has 0 aromatic heterocycles. The highest BCUT2D eigenvalue weighted by atomic mass is 16.6. The van der Waals surface area contributed by atoms with Gasteiger partial charge in [0.25, 0.3) is 0 Å². The molecule has 0 amide bonds. The molecule has 0 heterocycles. The Kier molecular flexibility index (Phi) is 48.0. The lowest BCUT2D eigenvalue weighted by Crippen LogP contribution is -2.30. The molecule has 6 nitrogen and oxygen atoms in total. The Labute approximate surface area is 387 Å². The molecule has 0 aliphatic rings. The van der Waals surface area contributed by atoms with Gasteiger partial charge < -0.3 is 14.2 Å². The van der Waals surface area contributed by atoms with Crippen molar-refractivity contribution in [3.05, 3.63) is 97.2 Å². The smallest absolute Gasteiger partial charge is 0.306 e. The zero-order chi connectivity index (χ0) is 45.8. The van der Waals surface area contributed by atoms with Crippen LogP contribution in [0.4, 0.5) is 0 Å². The van der Waals surface area contributed by atoms with Crippen LogP contribution in [0.5, 0.6) is 0 Å². The normalized spacial score (nSPS) is 12.9. The van der Waals surface area contributed by atoms with E-state index < -0.39 is 6.10 Å². The lowest BCUT2D eigenvalue weighted by Gasteiger charge is -2.18. The van der Waals surface area contributed by atoms with Gasteiger partial charge in [0.2, 0.25) is 0 Å². The van der Waals surface area contributed by atoms with Crippen molar-refractivity contribution in [3.8, 4) is 0 Å². The summed E-state index contributed by atoms with van der Waals surface area (Å²) in [5.74, 6) is -1.00. The van der Waals surface area contributed by atoms with Crippen LogP contribution in [0.1, 0.15) is 226 Å². The van der Waals surface area contributed by atoms with Gasteiger partial charge in [-0.1, -0.05) is 221 Å². The van der Waals surface area contributed by atoms with Crippen LogP contribution in [0.25, 0.3) is 0 Å². The maximum atomic E-state index is 12.8. The van der Waals surface area contributed by atoms with Gasteiger partial charge in [0.05, 0.1) is 0 Å². The number of allylic oxidation sites excluding steroid dienone is 16. The molecule has 0 fully saturated rings. The summed E-state index contributed by atoms with van der Waals surface area (Å²) < 4.78 is 16.7. The molecule has 63 heavy (non-hydrogen) atoms. The largest absolute Gasteiger partial charge is 0.462 e. The molecular weight excluding hydrogens is 781 g/mol. The summed E-state index contributed by atoms with van der Waals surface area (Å²) in [5, 5.41) is 0. The summed E-state index contributed by atoms with van der Waals surface area (Å²) in [5.41, 5.74) is 0. The molecule has 6 heteroatoms. The SMILES string of the molecule is CC/C=C/C=C/C=C/C=C/C=C/CCCC(=O)OCC(COC(=O)CCCCCCC/C=C/CCCCCCCCCCC)OC(=O)CCCCCCCCC/C=C/C/C=C/CC. The van der Waals surface area contributed by atoms with Crippen molar-refractivity contribution < 1.29 is 28.6 Å². The van der Waals surface area contributed by atoms with Crippen LogP contribution in [-0.4, -0.2) is 37.2 Å². The number of hydrogen-bond acceptors (Lipinski definition) is 6. The average molecular weight is 875 g/mol. The second-order valence-electron chi connectivity index (χ2n) is 16.8. The number of unbranched alkanes of at least 4 members (excludes halogenated alkanes) is 22. The van der Waals surface area contributed by atoms with Gasteiger partial charge in [-0.15, -0.1) is 0 Å². The Hall–Kier alpha value is -3.67. The fraction of sp³-hybridized carbons (Fsp3) is 0.667. The van der Waals surface area contributed by atoms with E-state index in [-0.39, 0.29) is 37.5 Å². The molecule has 0 saturated carbocycles. The van der Waals surface area contributed by atoms with Crippen LogP contribution in [-0.2, 0) is 28.6 Å². The van der Waals surface area contributed by atoms with Crippen molar-refractivity contribution in [2.24, 2.45) is 0 Å². The molecule has 0 saturated heterocycles. The number of esters is 3. The van der Waals surface area contributed by atoms with E-state index in [4.69, 9.17) is 14.2 Å². The lowest BCUT2D eigenvalue weighted by molar-refractivity contribution is -0.167. The van der Waals surface area contributed by atoms with E-state index in [1.165, 1.54) is 96.3 Å². The second kappa shape index (κ2) is 51.0. The van der Waals surface area contributed by atoms with E-state index in [1.54, 1.807) is 0 Å². The summed E-state index contributed by atoms with van der Waals surface area (Å²) in [6.45, 7) is 6.30. The predicted molar refractivity (Wildman–Crippen MR) is 270 cm³/mol. The van der Waals surface area contributed by atoms with Gasteiger partial charge in [0.1, 0.15) is 13.2 Å². The topological polar surface area (TPSA) is 78.9 Å². The van der Waals surface area contributed by atoms with Crippen LogP contribution in [0, 0.1) is 0 Å². The molecule has 0 aromatic rings. The molecule has 1 atom stereocenters. The molecule has 0 bridgehead atoms. The summed E-state index contributed by atoms with van der Waals surface area (Å²) in [4.78, 5) is 37.9. The first-order chi connectivity index (χ1) is 31.0. The molecule has 0 radical (unpaired) electrons. The zero-order valence-electron chi connectivity index (χ0n) is 40.8. The quantitative estimate of drug-likeness (QED) is 0.0199. The molecule has 0 spiro atoms. The lowest BCUT2D eigenvalue weighted by atomic mass is 10.1. The molecule has 358 valence electrons. The van der Waals surface area contributed by atoms with Crippen LogP contribution < -0.4 is 0 Å². The second-order valence-corrected chi connectivity index (χ2v) is 16.8. The standard InChI is InChI=1S/C57H94O6/c1-4-7-10-13-16-19-22-25-27-28-29-30-33-35-38-41-44-47-50-56(59)62-53-54(52-61-55(58)49-46-43-40-37-34-31-24-21-18-15-12-9-6-3)63-57(60)51-48-45-42-39-36-32-26-23-20-17-14-11-8-5-2/h8-9,11-12,15,17-18,20-21,24,29-31,34,37,40,54H,4-7,10,13-14,16,19,22-23,25-28,32-33,35-36,38-39,41-53H2,1-3H3/b11-8+,12-9+,18-15+,20-17+,24-21+,30-29+,34-31+,40-37+. The number of carbonyl (C=O) groups excluding carboxylic acids is 3. The summed E-state index contributed by atoms with van der Waals surface area (Å²) >= 11 is 0.